The van der Waals surface area contributed by atoms with Crippen LogP contribution in [0.15, 0.2) is 18.2 Å². The van der Waals surface area contributed by atoms with Crippen molar-refractivity contribution >= 4 is 17.7 Å². The molecule has 0 radical (unpaired) electrons. The molecule has 1 aromatic carbocycles. The number of hydrogen-bond donors (Lipinski definition) is 2. The van der Waals surface area contributed by atoms with Crippen molar-refractivity contribution in [3.8, 4) is 11.8 Å². The van der Waals surface area contributed by atoms with Crippen molar-refractivity contribution in [3.05, 3.63) is 34.9 Å². The summed E-state index contributed by atoms with van der Waals surface area (Å²) < 4.78 is 0. The number of nitrogens with zero attached hydrogens (tertiary/aromatic N) is 2. The molecule has 170 valence electrons. The summed E-state index contributed by atoms with van der Waals surface area (Å²) in [5.74, 6) is 5.69. The largest absolute Gasteiger partial charge is 0.328 e. The number of piperidine rings is 2. The predicted molar refractivity (Wildman–Crippen MR) is 121 cm³/mol. The van der Waals surface area contributed by atoms with Crippen LogP contribution >= 0.6 is 0 Å². The van der Waals surface area contributed by atoms with E-state index in [9.17, 15) is 14.4 Å². The first-order valence-corrected chi connectivity index (χ1v) is 11.8. The van der Waals surface area contributed by atoms with Gasteiger partial charge in [-0.1, -0.05) is 24.3 Å². The van der Waals surface area contributed by atoms with Gasteiger partial charge in [0.1, 0.15) is 6.04 Å². The van der Waals surface area contributed by atoms with Gasteiger partial charge in [-0.2, -0.15) is 0 Å². The van der Waals surface area contributed by atoms with E-state index in [1.54, 1.807) is 11.0 Å². The summed E-state index contributed by atoms with van der Waals surface area (Å²) in [6, 6.07) is 5.37. The fourth-order valence-corrected chi connectivity index (χ4v) is 4.76. The number of rotatable bonds is 6. The molecule has 7 heteroatoms. The molecule has 3 aliphatic rings. The zero-order valence-electron chi connectivity index (χ0n) is 18.6. The molecular weight excluding hydrogens is 404 g/mol. The third-order valence-corrected chi connectivity index (χ3v) is 6.71. The van der Waals surface area contributed by atoms with Crippen molar-refractivity contribution in [1.82, 2.24) is 15.1 Å². The maximum Gasteiger partial charge on any atom is 0.255 e. The molecule has 3 N–H and O–H groups in total. The average Bonchev–Trinajstić information content (AvgIpc) is 3.11. The van der Waals surface area contributed by atoms with Crippen LogP contribution in [0.25, 0.3) is 0 Å². The highest BCUT2D eigenvalue weighted by atomic mass is 16.2. The zero-order valence-corrected chi connectivity index (χ0v) is 18.6. The van der Waals surface area contributed by atoms with Crippen molar-refractivity contribution < 1.29 is 14.4 Å². The van der Waals surface area contributed by atoms with Gasteiger partial charge in [-0.05, 0) is 69.4 Å². The summed E-state index contributed by atoms with van der Waals surface area (Å²) in [5.41, 5.74) is 8.32. The molecule has 0 aromatic heterocycles. The molecule has 0 spiro atoms. The van der Waals surface area contributed by atoms with E-state index in [0.717, 1.165) is 62.9 Å². The van der Waals surface area contributed by atoms with Gasteiger partial charge in [0.25, 0.3) is 5.91 Å². The number of fused-ring (bicyclic) bond motifs is 1. The fourth-order valence-electron chi connectivity index (χ4n) is 4.76. The summed E-state index contributed by atoms with van der Waals surface area (Å²) in [6.07, 6.45) is 7.09. The Kier molecular flexibility index (Phi) is 7.23. The summed E-state index contributed by atoms with van der Waals surface area (Å²) in [4.78, 5) is 40.6. The van der Waals surface area contributed by atoms with E-state index < -0.39 is 6.04 Å². The molecule has 2 saturated heterocycles. The van der Waals surface area contributed by atoms with Crippen LogP contribution in [0.1, 0.15) is 72.9 Å². The second-order valence-corrected chi connectivity index (χ2v) is 9.02. The zero-order chi connectivity index (χ0) is 22.5. The van der Waals surface area contributed by atoms with Crippen LogP contribution in [-0.2, 0) is 16.1 Å². The van der Waals surface area contributed by atoms with E-state index in [-0.39, 0.29) is 24.1 Å². The number of nitrogens with two attached hydrogens (primary N) is 1. The lowest BCUT2D eigenvalue weighted by molar-refractivity contribution is -0.136. The Hall–Kier alpha value is -2.69. The van der Waals surface area contributed by atoms with Gasteiger partial charge in [-0.25, -0.2) is 0 Å². The molecule has 7 nitrogen and oxygen atoms in total. The Labute approximate surface area is 189 Å². The normalized spacial score (nSPS) is 21.8. The minimum absolute atomic E-state index is 0.156. The van der Waals surface area contributed by atoms with Gasteiger partial charge in [-0.3, -0.25) is 19.7 Å². The molecule has 2 fully saturated rings. The number of likely N-dealkylation sites (tertiary alicyclic amines) is 1. The van der Waals surface area contributed by atoms with E-state index in [0.29, 0.717) is 24.6 Å². The first kappa shape index (κ1) is 22.5. The summed E-state index contributed by atoms with van der Waals surface area (Å²) in [5, 5.41) is 2.34. The topological polar surface area (TPSA) is 95.7 Å². The number of hydrogen-bond acceptors (Lipinski definition) is 5. The lowest BCUT2D eigenvalue weighted by Crippen LogP contribution is -2.52. The van der Waals surface area contributed by atoms with Crippen LogP contribution in [0.3, 0.4) is 0 Å². The highest BCUT2D eigenvalue weighted by Crippen LogP contribution is 2.29. The lowest BCUT2D eigenvalue weighted by atomic mass is 10.0. The van der Waals surface area contributed by atoms with E-state index in [1.165, 1.54) is 6.42 Å². The van der Waals surface area contributed by atoms with E-state index in [4.69, 9.17) is 5.73 Å². The van der Waals surface area contributed by atoms with Gasteiger partial charge in [-0.15, -0.1) is 0 Å². The third-order valence-electron chi connectivity index (χ3n) is 6.71. The minimum atomic E-state index is -0.593. The smallest absolute Gasteiger partial charge is 0.255 e. The molecular formula is C25H32N4O3. The predicted octanol–water partition coefficient (Wildman–Crippen LogP) is 1.78. The number of imide groups is 1. The first-order valence-electron chi connectivity index (χ1n) is 11.8. The Balaban J connectivity index is 1.27. The SMILES string of the molecule is NC1CCN(CCCCCC#Cc2cccc3c2CN(C2CCC(=O)NC2=O)C3=O)CC1. The van der Waals surface area contributed by atoms with Gasteiger partial charge < -0.3 is 15.5 Å². The van der Waals surface area contributed by atoms with Gasteiger partial charge in [0.15, 0.2) is 0 Å². The van der Waals surface area contributed by atoms with Crippen LogP contribution in [0.4, 0.5) is 0 Å². The fraction of sp³-hybridized carbons (Fsp3) is 0.560. The molecule has 0 bridgehead atoms. The maximum atomic E-state index is 12.9. The van der Waals surface area contributed by atoms with Crippen LogP contribution in [0.5, 0.6) is 0 Å². The van der Waals surface area contributed by atoms with Crippen molar-refractivity contribution in [2.75, 3.05) is 19.6 Å². The van der Waals surface area contributed by atoms with Crippen LogP contribution < -0.4 is 11.1 Å². The second-order valence-electron chi connectivity index (χ2n) is 9.02. The van der Waals surface area contributed by atoms with Gasteiger partial charge in [0, 0.05) is 36.6 Å². The van der Waals surface area contributed by atoms with Gasteiger partial charge in [0.2, 0.25) is 11.8 Å². The molecule has 4 rings (SSSR count). The highest BCUT2D eigenvalue weighted by molar-refractivity contribution is 6.05. The van der Waals surface area contributed by atoms with Crippen LogP contribution in [-0.4, -0.2) is 59.2 Å². The molecule has 3 aliphatic heterocycles. The highest BCUT2D eigenvalue weighted by Gasteiger charge is 2.39. The Morgan fingerprint density at radius 3 is 2.66 bits per heavy atom. The number of unbranched alkanes of at least 4 members (excludes halogenated alkanes) is 3. The van der Waals surface area contributed by atoms with Crippen molar-refractivity contribution in [1.29, 1.82) is 0 Å². The lowest BCUT2D eigenvalue weighted by Gasteiger charge is -2.29. The molecule has 32 heavy (non-hydrogen) atoms. The molecule has 0 saturated carbocycles. The monoisotopic (exact) mass is 436 g/mol. The number of carbonyl (C=O) groups excluding carboxylic acids is 3. The molecule has 1 atom stereocenters. The number of benzene rings is 1. The van der Waals surface area contributed by atoms with Gasteiger partial charge >= 0.3 is 0 Å². The Bertz CT molecular complexity index is 940. The van der Waals surface area contributed by atoms with Crippen molar-refractivity contribution in [2.24, 2.45) is 5.73 Å². The Morgan fingerprint density at radius 2 is 1.88 bits per heavy atom. The van der Waals surface area contributed by atoms with E-state index >= 15 is 0 Å². The van der Waals surface area contributed by atoms with Crippen LogP contribution in [0, 0.1) is 11.8 Å². The number of nitrogens with one attached hydrogen (secondary N) is 1. The quantitative estimate of drug-likeness (QED) is 0.403. The molecule has 3 amide bonds. The average molecular weight is 437 g/mol. The Morgan fingerprint density at radius 1 is 1.06 bits per heavy atom. The minimum Gasteiger partial charge on any atom is -0.328 e. The third kappa shape index (κ3) is 5.20. The number of carbonyl (C=O) groups is 3. The molecule has 1 unspecified atom stereocenters. The molecule has 0 aliphatic carbocycles. The van der Waals surface area contributed by atoms with Gasteiger partial charge in [0.05, 0.1) is 0 Å². The standard InChI is InChI=1S/C25H32N4O3/c26-19-12-15-28(16-13-19)14-5-3-1-2-4-7-18-8-6-9-20-21(18)17-29(25(20)32)22-10-11-23(30)27-24(22)31/h6,8-9,19,22H,1-3,5,10-17,26H2,(H,27,30,31). The maximum absolute atomic E-state index is 12.9. The summed E-state index contributed by atoms with van der Waals surface area (Å²) in [7, 11) is 0. The molecule has 3 heterocycles. The van der Waals surface area contributed by atoms with Crippen molar-refractivity contribution in [2.45, 2.75) is 70.0 Å². The first-order chi connectivity index (χ1) is 15.5. The summed E-state index contributed by atoms with van der Waals surface area (Å²) >= 11 is 0. The second kappa shape index (κ2) is 10.3. The summed E-state index contributed by atoms with van der Waals surface area (Å²) in [6.45, 7) is 3.75. The van der Waals surface area contributed by atoms with E-state index in [2.05, 4.69) is 22.1 Å². The van der Waals surface area contributed by atoms with Crippen molar-refractivity contribution in [3.63, 3.8) is 0 Å². The molecule has 1 aromatic rings. The number of amides is 3. The van der Waals surface area contributed by atoms with E-state index in [1.807, 2.05) is 12.1 Å². The van der Waals surface area contributed by atoms with Crippen LogP contribution in [0.2, 0.25) is 0 Å².